The number of alkyl halides is 3. The summed E-state index contributed by atoms with van der Waals surface area (Å²) in [7, 11) is -3.93. The van der Waals surface area contributed by atoms with Crippen molar-refractivity contribution in [2.75, 3.05) is 19.4 Å². The molecule has 0 unspecified atom stereocenters. The lowest BCUT2D eigenvalue weighted by molar-refractivity contribution is -0.153. The Hall–Kier alpha value is -3.41. The normalized spacial score (nSPS) is 13.5. The standard InChI is InChI=1S/C27H29F3N2O5S/c1-18(25(33)21-6-4-3-5-7-21)31-15-14-19-8-10-20(11-9-19)22-12-13-23(26(34)32-38(2,35)36)24(16-22)37-17-27(28,29)30/h3-13,16,18,25,31,33H,14-15,17H2,1-2H3,(H,32,34)/t18-,25-/m0/s1. The molecule has 2 atom stereocenters. The fourth-order valence-corrected chi connectivity index (χ4v) is 4.20. The Labute approximate surface area is 219 Å². The molecule has 0 aromatic heterocycles. The van der Waals surface area contributed by atoms with Crippen LogP contribution in [0.1, 0.15) is 34.5 Å². The summed E-state index contributed by atoms with van der Waals surface area (Å²) in [6.45, 7) is 0.877. The van der Waals surface area contributed by atoms with Crippen LogP contribution in [0.2, 0.25) is 0 Å². The number of nitrogens with one attached hydrogen (secondary N) is 2. The van der Waals surface area contributed by atoms with Gasteiger partial charge in [0.15, 0.2) is 6.61 Å². The molecule has 7 nitrogen and oxygen atoms in total. The van der Waals surface area contributed by atoms with Crippen LogP contribution in [0.25, 0.3) is 11.1 Å². The third kappa shape index (κ3) is 8.86. The highest BCUT2D eigenvalue weighted by molar-refractivity contribution is 7.89. The van der Waals surface area contributed by atoms with Crippen LogP contribution in [0.5, 0.6) is 5.75 Å². The van der Waals surface area contributed by atoms with Gasteiger partial charge in [0.1, 0.15) is 5.75 Å². The van der Waals surface area contributed by atoms with Crippen molar-refractivity contribution in [3.8, 4) is 16.9 Å². The summed E-state index contributed by atoms with van der Waals surface area (Å²) >= 11 is 0. The first-order valence-corrected chi connectivity index (χ1v) is 13.6. The summed E-state index contributed by atoms with van der Waals surface area (Å²) in [4.78, 5) is 12.3. The summed E-state index contributed by atoms with van der Waals surface area (Å²) in [6.07, 6.45) is -3.85. The lowest BCUT2D eigenvalue weighted by Crippen LogP contribution is -2.33. The smallest absolute Gasteiger partial charge is 0.422 e. The molecule has 3 aromatic carbocycles. The van der Waals surface area contributed by atoms with E-state index in [4.69, 9.17) is 4.74 Å². The molecule has 0 saturated heterocycles. The summed E-state index contributed by atoms with van der Waals surface area (Å²) < 4.78 is 67.6. The Morgan fingerprint density at radius 1 is 1.00 bits per heavy atom. The molecular weight excluding hydrogens is 521 g/mol. The lowest BCUT2D eigenvalue weighted by Gasteiger charge is -2.20. The topological polar surface area (TPSA) is 105 Å². The zero-order valence-corrected chi connectivity index (χ0v) is 21.6. The first-order valence-electron chi connectivity index (χ1n) is 11.7. The van der Waals surface area contributed by atoms with Crippen molar-refractivity contribution in [3.05, 3.63) is 89.5 Å². The molecule has 3 N–H and O–H groups in total. The van der Waals surface area contributed by atoms with Gasteiger partial charge in [-0.1, -0.05) is 60.7 Å². The summed E-state index contributed by atoms with van der Waals surface area (Å²) in [6, 6.07) is 20.5. The fourth-order valence-electron chi connectivity index (χ4n) is 3.75. The SMILES string of the molecule is C[C@H](NCCc1ccc(-c2ccc(C(=O)NS(C)(=O)=O)c(OCC(F)(F)F)c2)cc1)[C@H](O)c1ccccc1. The number of hydrogen-bond donors (Lipinski definition) is 3. The van der Waals surface area contributed by atoms with Crippen LogP contribution in [0.3, 0.4) is 0 Å². The van der Waals surface area contributed by atoms with Crippen molar-refractivity contribution < 1.29 is 36.2 Å². The number of carbonyl (C=O) groups excluding carboxylic acids is 1. The van der Waals surface area contributed by atoms with E-state index in [0.717, 1.165) is 17.4 Å². The van der Waals surface area contributed by atoms with Gasteiger partial charge in [-0.25, -0.2) is 13.1 Å². The van der Waals surface area contributed by atoms with Crippen LogP contribution in [0, 0.1) is 0 Å². The highest BCUT2D eigenvalue weighted by Crippen LogP contribution is 2.29. The average Bonchev–Trinajstić information content (AvgIpc) is 2.86. The fraction of sp³-hybridized carbons (Fsp3) is 0.296. The van der Waals surface area contributed by atoms with E-state index in [0.29, 0.717) is 24.1 Å². The number of hydrogen-bond acceptors (Lipinski definition) is 6. The molecule has 11 heteroatoms. The number of sulfonamides is 1. The molecule has 0 bridgehead atoms. The minimum Gasteiger partial charge on any atom is -0.483 e. The minimum atomic E-state index is -4.65. The van der Waals surface area contributed by atoms with Crippen LogP contribution in [-0.2, 0) is 16.4 Å². The van der Waals surface area contributed by atoms with Gasteiger partial charge in [-0.05, 0) is 54.3 Å². The van der Waals surface area contributed by atoms with E-state index < -0.39 is 34.8 Å². The zero-order chi connectivity index (χ0) is 27.9. The Morgan fingerprint density at radius 2 is 1.63 bits per heavy atom. The summed E-state index contributed by atoms with van der Waals surface area (Å²) in [5.41, 5.74) is 2.65. The van der Waals surface area contributed by atoms with Crippen molar-refractivity contribution in [1.29, 1.82) is 0 Å². The minimum absolute atomic E-state index is 0.162. The molecule has 0 aliphatic carbocycles. The van der Waals surface area contributed by atoms with Gasteiger partial charge in [-0.3, -0.25) is 4.79 Å². The maximum atomic E-state index is 12.8. The van der Waals surface area contributed by atoms with Crippen molar-refractivity contribution in [1.82, 2.24) is 10.0 Å². The number of rotatable bonds is 11. The number of ether oxygens (including phenoxy) is 1. The van der Waals surface area contributed by atoms with Crippen molar-refractivity contribution in [2.24, 2.45) is 0 Å². The highest BCUT2D eigenvalue weighted by atomic mass is 32.2. The maximum absolute atomic E-state index is 12.8. The molecule has 3 aromatic rings. The van der Waals surface area contributed by atoms with Gasteiger partial charge in [-0.15, -0.1) is 0 Å². The highest BCUT2D eigenvalue weighted by Gasteiger charge is 2.29. The predicted octanol–water partition coefficient (Wildman–Crippen LogP) is 4.24. The Bertz CT molecular complexity index is 1330. The second-order valence-corrected chi connectivity index (χ2v) is 10.6. The van der Waals surface area contributed by atoms with Crippen LogP contribution >= 0.6 is 0 Å². The second-order valence-electron chi connectivity index (χ2n) is 8.86. The zero-order valence-electron chi connectivity index (χ0n) is 20.8. The van der Waals surface area contributed by atoms with Crippen LogP contribution in [0.4, 0.5) is 13.2 Å². The molecule has 0 aliphatic heterocycles. The second kappa shape index (κ2) is 12.4. The van der Waals surface area contributed by atoms with Crippen LogP contribution in [-0.4, -0.2) is 51.1 Å². The van der Waals surface area contributed by atoms with Gasteiger partial charge in [0.2, 0.25) is 10.0 Å². The van der Waals surface area contributed by atoms with E-state index in [9.17, 15) is 31.5 Å². The molecule has 0 aliphatic rings. The Morgan fingerprint density at radius 3 is 2.24 bits per heavy atom. The number of amides is 1. The molecule has 0 fully saturated rings. The maximum Gasteiger partial charge on any atom is 0.422 e. The quantitative estimate of drug-likeness (QED) is 0.330. The van der Waals surface area contributed by atoms with E-state index in [1.165, 1.54) is 18.2 Å². The molecule has 204 valence electrons. The Balaban J connectivity index is 1.69. The van der Waals surface area contributed by atoms with Crippen molar-refractivity contribution in [2.45, 2.75) is 31.7 Å². The molecule has 0 spiro atoms. The molecule has 38 heavy (non-hydrogen) atoms. The first kappa shape index (κ1) is 29.2. The number of aliphatic hydroxyl groups excluding tert-OH is 1. The molecule has 1 amide bonds. The van der Waals surface area contributed by atoms with Gasteiger partial charge in [0.05, 0.1) is 17.9 Å². The van der Waals surface area contributed by atoms with E-state index >= 15 is 0 Å². The Kier molecular flexibility index (Phi) is 9.53. The number of aliphatic hydroxyl groups is 1. The number of halogens is 3. The monoisotopic (exact) mass is 550 g/mol. The van der Waals surface area contributed by atoms with Gasteiger partial charge in [0, 0.05) is 6.04 Å². The van der Waals surface area contributed by atoms with E-state index in [1.54, 1.807) is 16.9 Å². The molecular formula is C27H29F3N2O5S. The molecule has 0 radical (unpaired) electrons. The molecule has 0 heterocycles. The van der Waals surface area contributed by atoms with Gasteiger partial charge in [0.25, 0.3) is 5.91 Å². The largest absolute Gasteiger partial charge is 0.483 e. The van der Waals surface area contributed by atoms with Gasteiger partial charge < -0.3 is 15.2 Å². The molecule has 3 rings (SSSR count). The molecule has 0 saturated carbocycles. The average molecular weight is 551 g/mol. The summed E-state index contributed by atoms with van der Waals surface area (Å²) in [5.74, 6) is -1.48. The number of carbonyl (C=O) groups is 1. The first-order chi connectivity index (χ1) is 17.8. The van der Waals surface area contributed by atoms with E-state index in [2.05, 4.69) is 5.32 Å². The van der Waals surface area contributed by atoms with Crippen LogP contribution < -0.4 is 14.8 Å². The number of benzene rings is 3. The van der Waals surface area contributed by atoms with Crippen molar-refractivity contribution >= 4 is 15.9 Å². The third-order valence-electron chi connectivity index (χ3n) is 5.68. The van der Waals surface area contributed by atoms with E-state index in [1.807, 2.05) is 49.4 Å². The van der Waals surface area contributed by atoms with E-state index in [-0.39, 0.29) is 17.4 Å². The van der Waals surface area contributed by atoms with Gasteiger partial charge in [-0.2, -0.15) is 13.2 Å². The van der Waals surface area contributed by atoms with Crippen molar-refractivity contribution in [3.63, 3.8) is 0 Å². The predicted molar refractivity (Wildman–Crippen MR) is 138 cm³/mol. The van der Waals surface area contributed by atoms with Gasteiger partial charge >= 0.3 is 6.18 Å². The van der Waals surface area contributed by atoms with Crippen LogP contribution in [0.15, 0.2) is 72.8 Å². The third-order valence-corrected chi connectivity index (χ3v) is 6.23. The lowest BCUT2D eigenvalue weighted by atomic mass is 10.0. The summed E-state index contributed by atoms with van der Waals surface area (Å²) in [5, 5.41) is 13.8.